The van der Waals surface area contributed by atoms with Gasteiger partial charge in [-0.05, 0) is 50.1 Å². The van der Waals surface area contributed by atoms with Gasteiger partial charge in [0.05, 0.1) is 16.4 Å². The topological polar surface area (TPSA) is 75.9 Å². The van der Waals surface area contributed by atoms with Crippen LogP contribution < -0.4 is 14.5 Å². The van der Waals surface area contributed by atoms with Crippen LogP contribution in [0.5, 0.6) is 11.5 Å². The number of amides is 1. The monoisotopic (exact) mass is 527 g/mol. The van der Waals surface area contributed by atoms with Crippen molar-refractivity contribution in [2.75, 3.05) is 22.9 Å². The summed E-state index contributed by atoms with van der Waals surface area (Å²) in [7, 11) is 0. The Morgan fingerprint density at radius 1 is 1.16 bits per heavy atom. The van der Waals surface area contributed by atoms with Crippen LogP contribution in [0.25, 0.3) is 17.0 Å². The van der Waals surface area contributed by atoms with E-state index in [1.54, 1.807) is 41.6 Å². The van der Waals surface area contributed by atoms with Gasteiger partial charge in [0.2, 0.25) is 0 Å². The van der Waals surface area contributed by atoms with E-state index in [9.17, 15) is 9.59 Å². The molecule has 1 fully saturated rings. The summed E-state index contributed by atoms with van der Waals surface area (Å²) in [5, 5.41) is 1.19. The predicted molar refractivity (Wildman–Crippen MR) is 148 cm³/mol. The van der Waals surface area contributed by atoms with Crippen LogP contribution >= 0.6 is 11.6 Å². The standard InChI is InChI=1S/C30H26ClN3O4/c1-19-21-16-29(23(31)17-28(21)37-26(19)8-4-5-15-35)38-27-11-12-32-18-22(27)30(36)34-14-13-33(20-9-10-20)24-6-2-3-7-25(24)34/h2-4,6-8,11-12,15-18,20H,5,9-10,13-14H2,1H3/b8-4+. The number of carbonyl (C=O) groups is 2. The van der Waals surface area contributed by atoms with Crippen molar-refractivity contribution in [3.8, 4) is 11.5 Å². The molecule has 0 saturated heterocycles. The number of fused-ring (bicyclic) bond motifs is 2. The molecule has 0 N–H and O–H groups in total. The van der Waals surface area contributed by atoms with Gasteiger partial charge in [-0.25, -0.2) is 0 Å². The molecule has 1 aliphatic heterocycles. The number of carbonyl (C=O) groups excluding carboxylic acids is 2. The van der Waals surface area contributed by atoms with Crippen LogP contribution in [0.15, 0.2) is 65.4 Å². The van der Waals surface area contributed by atoms with Gasteiger partial charge in [-0.15, -0.1) is 0 Å². The van der Waals surface area contributed by atoms with Crippen LogP contribution in [0.4, 0.5) is 11.4 Å². The second-order valence-electron chi connectivity index (χ2n) is 9.52. The van der Waals surface area contributed by atoms with Crippen molar-refractivity contribution < 1.29 is 18.7 Å². The van der Waals surface area contributed by atoms with Gasteiger partial charge in [-0.1, -0.05) is 29.8 Å². The number of para-hydroxylation sites is 2. The number of aromatic nitrogens is 1. The Labute approximate surface area is 225 Å². The fourth-order valence-corrected chi connectivity index (χ4v) is 5.16. The van der Waals surface area contributed by atoms with Crippen molar-refractivity contribution in [2.45, 2.75) is 32.2 Å². The van der Waals surface area contributed by atoms with Crippen LogP contribution in [0.2, 0.25) is 5.02 Å². The minimum atomic E-state index is -0.171. The van der Waals surface area contributed by atoms with Gasteiger partial charge in [0.15, 0.2) is 0 Å². The van der Waals surface area contributed by atoms with E-state index in [0.29, 0.717) is 52.4 Å². The summed E-state index contributed by atoms with van der Waals surface area (Å²) in [6.07, 6.45) is 10.2. The number of benzene rings is 2. The molecule has 7 nitrogen and oxygen atoms in total. The van der Waals surface area contributed by atoms with Gasteiger partial charge in [0, 0.05) is 55.0 Å². The maximum absolute atomic E-state index is 13.9. The Bertz CT molecular complexity index is 1570. The maximum Gasteiger partial charge on any atom is 0.263 e. The van der Waals surface area contributed by atoms with Crippen molar-refractivity contribution in [1.82, 2.24) is 4.98 Å². The highest BCUT2D eigenvalue weighted by Crippen LogP contribution is 2.42. The first-order chi connectivity index (χ1) is 18.5. The van der Waals surface area contributed by atoms with Crippen LogP contribution in [0.3, 0.4) is 0 Å². The van der Waals surface area contributed by atoms with E-state index in [2.05, 4.69) is 16.0 Å². The van der Waals surface area contributed by atoms with Gasteiger partial charge in [-0.2, -0.15) is 0 Å². The lowest BCUT2D eigenvalue weighted by atomic mass is 10.1. The Morgan fingerprint density at radius 3 is 2.76 bits per heavy atom. The Kier molecular flexibility index (Phi) is 6.37. The van der Waals surface area contributed by atoms with E-state index < -0.39 is 0 Å². The lowest BCUT2D eigenvalue weighted by Crippen LogP contribution is -2.45. The molecule has 38 heavy (non-hydrogen) atoms. The second kappa shape index (κ2) is 9.99. The van der Waals surface area contributed by atoms with Crippen LogP contribution in [0.1, 0.15) is 40.9 Å². The highest BCUT2D eigenvalue weighted by atomic mass is 35.5. The second-order valence-corrected chi connectivity index (χ2v) is 9.93. The predicted octanol–water partition coefficient (Wildman–Crippen LogP) is 6.81. The number of hydrogen-bond donors (Lipinski definition) is 0. The Balaban J connectivity index is 1.32. The number of pyridine rings is 1. The van der Waals surface area contributed by atoms with E-state index in [-0.39, 0.29) is 5.91 Å². The lowest BCUT2D eigenvalue weighted by molar-refractivity contribution is -0.107. The van der Waals surface area contributed by atoms with Gasteiger partial charge in [-0.3, -0.25) is 9.78 Å². The average molecular weight is 528 g/mol. The number of aldehydes is 1. The summed E-state index contributed by atoms with van der Waals surface area (Å²) in [6, 6.07) is 13.8. The molecule has 4 aromatic rings. The lowest BCUT2D eigenvalue weighted by Gasteiger charge is -2.38. The summed E-state index contributed by atoms with van der Waals surface area (Å²) in [4.78, 5) is 32.9. The SMILES string of the molecule is Cc1c(/C=C/CC=O)oc2cc(Cl)c(Oc3ccncc3C(=O)N3CCN(C4CC4)c4ccccc43)cc12. The number of ether oxygens (including phenoxy) is 1. The third kappa shape index (κ3) is 4.43. The van der Waals surface area contributed by atoms with Gasteiger partial charge in [0.25, 0.3) is 5.91 Å². The molecule has 2 aliphatic rings. The van der Waals surface area contributed by atoms with Crippen LogP contribution in [0, 0.1) is 6.92 Å². The zero-order valence-corrected chi connectivity index (χ0v) is 21.6. The van der Waals surface area contributed by atoms with E-state index in [1.165, 1.54) is 12.8 Å². The Morgan fingerprint density at radius 2 is 1.97 bits per heavy atom. The van der Waals surface area contributed by atoms with Gasteiger partial charge >= 0.3 is 0 Å². The van der Waals surface area contributed by atoms with Gasteiger partial charge < -0.3 is 23.7 Å². The van der Waals surface area contributed by atoms with Crippen molar-refractivity contribution in [1.29, 1.82) is 0 Å². The van der Waals surface area contributed by atoms with E-state index >= 15 is 0 Å². The normalized spacial score (nSPS) is 15.2. The summed E-state index contributed by atoms with van der Waals surface area (Å²) in [6.45, 7) is 3.31. The molecular weight excluding hydrogens is 502 g/mol. The largest absolute Gasteiger partial charge is 0.456 e. The molecule has 2 aromatic heterocycles. The third-order valence-corrected chi connectivity index (χ3v) is 7.34. The number of anilines is 2. The first-order valence-corrected chi connectivity index (χ1v) is 13.0. The van der Waals surface area contributed by atoms with Crippen LogP contribution in [-0.4, -0.2) is 36.3 Å². The number of hydrogen-bond acceptors (Lipinski definition) is 6. The fraction of sp³-hybridized carbons (Fsp3) is 0.233. The molecule has 0 bridgehead atoms. The minimum Gasteiger partial charge on any atom is -0.456 e. The molecule has 3 heterocycles. The molecular formula is C30H26ClN3O4. The van der Waals surface area contributed by atoms with E-state index in [4.69, 9.17) is 20.8 Å². The van der Waals surface area contributed by atoms with Crippen LogP contribution in [-0.2, 0) is 4.79 Å². The smallest absolute Gasteiger partial charge is 0.263 e. The highest BCUT2D eigenvalue weighted by Gasteiger charge is 2.36. The molecule has 0 spiro atoms. The summed E-state index contributed by atoms with van der Waals surface area (Å²) >= 11 is 6.57. The third-order valence-electron chi connectivity index (χ3n) is 7.04. The van der Waals surface area contributed by atoms with E-state index in [0.717, 1.165) is 35.2 Å². The van der Waals surface area contributed by atoms with Crippen molar-refractivity contribution >= 4 is 52.2 Å². The fourth-order valence-electron chi connectivity index (χ4n) is 4.96. The number of rotatable bonds is 7. The maximum atomic E-state index is 13.9. The molecule has 192 valence electrons. The average Bonchev–Trinajstić information content (AvgIpc) is 3.74. The number of nitrogens with zero attached hydrogens (tertiary/aromatic N) is 3. The number of allylic oxidation sites excluding steroid dienone is 1. The zero-order chi connectivity index (χ0) is 26.2. The molecule has 0 unspecified atom stereocenters. The van der Waals surface area contributed by atoms with Crippen molar-refractivity contribution in [3.05, 3.63) is 82.8 Å². The first kappa shape index (κ1) is 24.2. The molecule has 8 heteroatoms. The summed E-state index contributed by atoms with van der Waals surface area (Å²) in [5.41, 5.74) is 3.86. The number of aryl methyl sites for hydroxylation is 1. The highest BCUT2D eigenvalue weighted by molar-refractivity contribution is 6.32. The molecule has 1 saturated carbocycles. The van der Waals surface area contributed by atoms with Gasteiger partial charge in [0.1, 0.15) is 34.7 Å². The van der Waals surface area contributed by atoms with E-state index in [1.807, 2.05) is 31.2 Å². The number of furan rings is 1. The summed E-state index contributed by atoms with van der Waals surface area (Å²) < 4.78 is 12.2. The molecule has 1 aliphatic carbocycles. The molecule has 1 amide bonds. The Hall–Kier alpha value is -4.10. The minimum absolute atomic E-state index is 0.171. The molecule has 6 rings (SSSR count). The number of halogens is 1. The molecule has 2 aromatic carbocycles. The summed E-state index contributed by atoms with van der Waals surface area (Å²) in [5.74, 6) is 1.26. The first-order valence-electron chi connectivity index (χ1n) is 12.7. The van der Waals surface area contributed by atoms with Crippen molar-refractivity contribution in [3.63, 3.8) is 0 Å². The van der Waals surface area contributed by atoms with Crippen molar-refractivity contribution in [2.24, 2.45) is 0 Å². The quantitative estimate of drug-likeness (QED) is 0.246. The molecule has 0 atom stereocenters. The zero-order valence-electron chi connectivity index (χ0n) is 20.9. The molecule has 0 radical (unpaired) electrons.